The number of rotatable bonds is 3. The topological polar surface area (TPSA) is 166 Å². The molecule has 13 nitrogen and oxygen atoms in total. The van der Waals surface area contributed by atoms with Gasteiger partial charge in [-0.25, -0.2) is 19.7 Å². The zero-order valence-electron chi connectivity index (χ0n) is 18.1. The number of ether oxygens (including phenoxy) is 1. The fraction of sp³-hybridized carbons (Fsp3) is 0.235. The first-order valence-electron chi connectivity index (χ1n) is 8.81. The maximum atomic E-state index is 10.9. The Labute approximate surface area is 219 Å². The molecule has 181 valence electrons. The van der Waals surface area contributed by atoms with Crippen LogP contribution in [-0.2, 0) is 25.6 Å². The van der Waals surface area contributed by atoms with Crippen molar-refractivity contribution in [1.29, 1.82) is 0 Å². The van der Waals surface area contributed by atoms with Crippen molar-refractivity contribution in [3.63, 3.8) is 0 Å². The van der Waals surface area contributed by atoms with E-state index >= 15 is 0 Å². The molecule has 0 aliphatic rings. The van der Waals surface area contributed by atoms with Gasteiger partial charge in [0.05, 0.1) is 25.7 Å². The van der Waals surface area contributed by atoms with Gasteiger partial charge in [-0.05, 0) is 34.8 Å². The van der Waals surface area contributed by atoms with E-state index in [1.165, 1.54) is 23.2 Å². The zero-order chi connectivity index (χ0) is 24.5. The Bertz CT molecular complexity index is 1290. The van der Waals surface area contributed by atoms with Crippen molar-refractivity contribution in [3.8, 4) is 11.5 Å². The molecular weight excluding hydrogens is 552 g/mol. The number of hydrogen-bond acceptors (Lipinski definition) is 12. The van der Waals surface area contributed by atoms with Crippen LogP contribution in [0.15, 0.2) is 27.8 Å². The molecular formula is C17H18Cl3N9O4V. The van der Waals surface area contributed by atoms with E-state index in [9.17, 15) is 4.79 Å². The van der Waals surface area contributed by atoms with Gasteiger partial charge in [-0.2, -0.15) is 15.0 Å². The molecule has 3 N–H and O–H groups in total. The molecule has 0 fully saturated rings. The quantitative estimate of drug-likeness (QED) is 0.309. The average molecular weight is 570 g/mol. The van der Waals surface area contributed by atoms with Crippen LogP contribution in [0.25, 0.3) is 11.2 Å². The smallest absolute Gasteiger partial charge is 0.420 e. The van der Waals surface area contributed by atoms with Crippen LogP contribution in [0.5, 0.6) is 11.5 Å². The first-order chi connectivity index (χ1) is 15.7. The number of nitrogens with one attached hydrogen (secondary N) is 2. The number of methoxy groups -OCH3 is 1. The molecule has 4 aromatic heterocycles. The molecule has 0 aliphatic heterocycles. The summed E-state index contributed by atoms with van der Waals surface area (Å²) in [6, 6.07) is 0. The van der Waals surface area contributed by atoms with Crippen molar-refractivity contribution in [2.75, 3.05) is 31.8 Å². The van der Waals surface area contributed by atoms with E-state index in [-0.39, 0.29) is 40.2 Å². The van der Waals surface area contributed by atoms with Crippen LogP contribution in [0, 0.1) is 0 Å². The molecule has 0 saturated heterocycles. The Morgan fingerprint density at radius 1 is 0.941 bits per heavy atom. The summed E-state index contributed by atoms with van der Waals surface area (Å²) in [5.74, 6) is 1.03. The predicted molar refractivity (Wildman–Crippen MR) is 123 cm³/mol. The summed E-state index contributed by atoms with van der Waals surface area (Å²) in [4.78, 5) is 33.3. The van der Waals surface area contributed by atoms with Crippen molar-refractivity contribution in [2.45, 2.75) is 0 Å². The van der Waals surface area contributed by atoms with E-state index in [1.54, 1.807) is 28.3 Å². The second-order valence-corrected chi connectivity index (χ2v) is 6.70. The van der Waals surface area contributed by atoms with Crippen LogP contribution < -0.4 is 21.1 Å². The summed E-state index contributed by atoms with van der Waals surface area (Å²) < 4.78 is 11.0. The molecule has 34 heavy (non-hydrogen) atoms. The number of halogens is 3. The minimum absolute atomic E-state index is 0. The van der Waals surface area contributed by atoms with E-state index in [1.807, 2.05) is 0 Å². The van der Waals surface area contributed by atoms with Crippen molar-refractivity contribution in [3.05, 3.63) is 45.0 Å². The molecule has 0 saturated carbocycles. The van der Waals surface area contributed by atoms with Crippen molar-refractivity contribution >= 4 is 57.7 Å². The van der Waals surface area contributed by atoms with Gasteiger partial charge in [-0.15, -0.1) is 0 Å². The van der Waals surface area contributed by atoms with E-state index in [2.05, 4.69) is 40.5 Å². The van der Waals surface area contributed by atoms with E-state index < -0.39 is 5.76 Å². The fourth-order valence-electron chi connectivity index (χ4n) is 2.12. The van der Waals surface area contributed by atoms with Crippen molar-refractivity contribution in [2.24, 2.45) is 7.05 Å². The molecule has 17 heteroatoms. The molecule has 0 spiro atoms. The number of aryl methyl sites for hydroxylation is 1. The normalized spacial score (nSPS) is 9.62. The third-order valence-electron chi connectivity index (χ3n) is 3.66. The molecule has 0 bridgehead atoms. The molecule has 4 rings (SSSR count). The Hall–Kier alpha value is -2.84. The predicted octanol–water partition coefficient (Wildman–Crippen LogP) is 2.63. The number of hydrogen-bond donors (Lipinski definition) is 3. The van der Waals surface area contributed by atoms with Gasteiger partial charge in [0.1, 0.15) is 0 Å². The van der Waals surface area contributed by atoms with E-state index in [0.29, 0.717) is 28.6 Å². The fourth-order valence-corrected chi connectivity index (χ4v) is 2.51. The van der Waals surface area contributed by atoms with Gasteiger partial charge in [0, 0.05) is 39.7 Å². The van der Waals surface area contributed by atoms with Gasteiger partial charge in [-0.3, -0.25) is 4.57 Å². The summed E-state index contributed by atoms with van der Waals surface area (Å²) in [5, 5.41) is 14.9. The number of aromatic hydroxyl groups is 1. The summed E-state index contributed by atoms with van der Waals surface area (Å²) in [5.41, 5.74) is 0.743. The van der Waals surface area contributed by atoms with Crippen LogP contribution in [0.3, 0.4) is 0 Å². The van der Waals surface area contributed by atoms with Gasteiger partial charge >= 0.3 is 5.76 Å². The minimum Gasteiger partial charge on any atom is -0.503 e. The number of nitrogens with zero attached hydrogens (tertiary/aromatic N) is 7. The van der Waals surface area contributed by atoms with Gasteiger partial charge in [0.15, 0.2) is 34.4 Å². The monoisotopic (exact) mass is 568 g/mol. The Morgan fingerprint density at radius 2 is 1.47 bits per heavy atom. The molecule has 0 atom stereocenters. The van der Waals surface area contributed by atoms with E-state index in [4.69, 9.17) is 49.1 Å². The number of anilines is 2. The minimum atomic E-state index is -0.471. The number of fused-ring (bicyclic) bond motifs is 1. The van der Waals surface area contributed by atoms with Gasteiger partial charge in [0.2, 0.25) is 15.9 Å². The SMILES string of the molecule is CNc1nc(Cl)ncc1O.CNc1nc(Cl)ncc1OC.Cn1c(=O)oc2cnc(Cl)nc21.[V]. The van der Waals surface area contributed by atoms with Gasteiger partial charge in [-0.1, -0.05) is 0 Å². The summed E-state index contributed by atoms with van der Waals surface area (Å²) >= 11 is 16.5. The molecule has 1 radical (unpaired) electrons. The third kappa shape index (κ3) is 7.89. The second kappa shape index (κ2) is 13.8. The summed E-state index contributed by atoms with van der Waals surface area (Å²) in [7, 11) is 6.48. The largest absolute Gasteiger partial charge is 0.503 e. The van der Waals surface area contributed by atoms with Crippen LogP contribution >= 0.6 is 34.8 Å². The number of oxazole rings is 1. The molecule has 4 heterocycles. The van der Waals surface area contributed by atoms with Crippen molar-refractivity contribution in [1.82, 2.24) is 34.5 Å². The van der Waals surface area contributed by atoms with Gasteiger partial charge < -0.3 is 24.9 Å². The van der Waals surface area contributed by atoms with Crippen LogP contribution in [0.4, 0.5) is 11.6 Å². The maximum Gasteiger partial charge on any atom is 0.420 e. The van der Waals surface area contributed by atoms with Crippen LogP contribution in [-0.4, -0.2) is 60.8 Å². The molecule has 4 aromatic rings. The van der Waals surface area contributed by atoms with Crippen molar-refractivity contribution < 1.29 is 32.8 Å². The number of aromatic nitrogens is 7. The maximum absolute atomic E-state index is 10.9. The molecule has 0 unspecified atom stereocenters. The molecule has 0 aliphatic carbocycles. The summed E-state index contributed by atoms with van der Waals surface area (Å²) in [6.07, 6.45) is 4.12. The zero-order valence-corrected chi connectivity index (χ0v) is 21.8. The third-order valence-corrected chi connectivity index (χ3v) is 4.20. The standard InChI is InChI=1S/C6H4ClN3O2.C6H8ClN3O.C5H6ClN3O.V/c1-10-4-3(12-6(10)11)2-8-5(7)9-4;1-8-5-4(11-2)3-9-6(7)10-5;1-7-4-3(10)2-8-5(6)9-4;/h2H,1H3;3H,1-2H3,(H,8,9,10);2,10H,1H3,(H,7,8,9);. The van der Waals surface area contributed by atoms with Crippen LogP contribution in [0.1, 0.15) is 0 Å². The first-order valence-corrected chi connectivity index (χ1v) is 9.95. The Kier molecular flexibility index (Phi) is 11.8. The Morgan fingerprint density at radius 3 is 2.03 bits per heavy atom. The van der Waals surface area contributed by atoms with Gasteiger partial charge in [0.25, 0.3) is 0 Å². The second-order valence-electron chi connectivity index (χ2n) is 5.68. The first kappa shape index (κ1) is 29.2. The Balaban J connectivity index is 0.000000253. The summed E-state index contributed by atoms with van der Waals surface area (Å²) in [6.45, 7) is 0. The van der Waals surface area contributed by atoms with E-state index in [0.717, 1.165) is 0 Å². The molecule has 0 amide bonds. The average Bonchev–Trinajstić information content (AvgIpc) is 3.09. The molecule has 0 aromatic carbocycles. The van der Waals surface area contributed by atoms with Crippen LogP contribution in [0.2, 0.25) is 15.9 Å².